The number of carbonyl (C=O) groups is 2. The van der Waals surface area contributed by atoms with Crippen molar-refractivity contribution in [2.45, 2.75) is 13.8 Å². The van der Waals surface area contributed by atoms with Gasteiger partial charge in [0.2, 0.25) is 11.9 Å². The number of benzene rings is 3. The van der Waals surface area contributed by atoms with Gasteiger partial charge in [-0.25, -0.2) is 4.98 Å². The van der Waals surface area contributed by atoms with E-state index in [-0.39, 0.29) is 24.3 Å². The number of aromatic nitrogens is 2. The molecule has 4 aromatic rings. The van der Waals surface area contributed by atoms with E-state index < -0.39 is 0 Å². The topological polar surface area (TPSA) is 94.9 Å². The van der Waals surface area contributed by atoms with E-state index in [1.807, 2.05) is 62.5 Å². The zero-order valence-electron chi connectivity index (χ0n) is 23.4. The number of hydrogen-bond acceptors (Lipinski definition) is 6. The lowest BCUT2D eigenvalue weighted by Gasteiger charge is -2.24. The fraction of sp³-hybridized carbons (Fsp3) is 0.258. The first-order valence-corrected chi connectivity index (χ1v) is 12.9. The fourth-order valence-electron chi connectivity index (χ4n) is 4.30. The summed E-state index contributed by atoms with van der Waals surface area (Å²) in [6, 6.07) is 22.0. The Kier molecular flexibility index (Phi) is 9.06. The van der Waals surface area contributed by atoms with Crippen molar-refractivity contribution in [1.82, 2.24) is 14.5 Å². The highest BCUT2D eigenvalue weighted by Crippen LogP contribution is 2.32. The largest absolute Gasteiger partial charge is 0.497 e. The number of imidazole rings is 1. The highest BCUT2D eigenvalue weighted by molar-refractivity contribution is 5.99. The second-order valence-electron chi connectivity index (χ2n) is 9.58. The molecule has 9 nitrogen and oxygen atoms in total. The smallest absolute Gasteiger partial charge is 0.254 e. The Balaban J connectivity index is 1.64. The number of nitrogens with zero attached hydrogens (tertiary/aromatic N) is 3. The Morgan fingerprint density at radius 2 is 1.60 bits per heavy atom. The molecule has 40 heavy (non-hydrogen) atoms. The minimum absolute atomic E-state index is 0.136. The molecule has 208 valence electrons. The van der Waals surface area contributed by atoms with Gasteiger partial charge in [-0.2, -0.15) is 0 Å². The molecule has 0 fully saturated rings. The number of nitrogens with one attached hydrogen (secondary N) is 1. The summed E-state index contributed by atoms with van der Waals surface area (Å²) in [7, 11) is 4.71. The molecule has 0 saturated carbocycles. The van der Waals surface area contributed by atoms with Crippen LogP contribution in [0.5, 0.6) is 17.2 Å². The molecular formula is C31H34N4O5. The van der Waals surface area contributed by atoms with Gasteiger partial charge in [-0.1, -0.05) is 44.2 Å². The van der Waals surface area contributed by atoms with E-state index in [1.165, 1.54) is 0 Å². The molecule has 1 heterocycles. The lowest BCUT2D eigenvalue weighted by molar-refractivity contribution is -0.117. The monoisotopic (exact) mass is 542 g/mol. The molecular weight excluding hydrogens is 508 g/mol. The van der Waals surface area contributed by atoms with Crippen LogP contribution in [0.1, 0.15) is 24.2 Å². The highest BCUT2D eigenvalue weighted by Gasteiger charge is 2.22. The van der Waals surface area contributed by atoms with E-state index in [0.717, 1.165) is 11.3 Å². The Hall–Kier alpha value is -4.79. The quantitative estimate of drug-likeness (QED) is 0.276. The lowest BCUT2D eigenvalue weighted by Crippen LogP contribution is -2.40. The molecule has 0 unspecified atom stereocenters. The molecule has 0 spiro atoms. The molecule has 3 aromatic carbocycles. The summed E-state index contributed by atoms with van der Waals surface area (Å²) in [5, 5.41) is 2.92. The van der Waals surface area contributed by atoms with E-state index >= 15 is 0 Å². The third-order valence-corrected chi connectivity index (χ3v) is 6.22. The molecule has 2 amide bonds. The van der Waals surface area contributed by atoms with Gasteiger partial charge in [0.05, 0.1) is 32.7 Å². The van der Waals surface area contributed by atoms with Crippen LogP contribution in [0.25, 0.3) is 16.9 Å². The number of rotatable bonds is 11. The van der Waals surface area contributed by atoms with E-state index in [9.17, 15) is 9.59 Å². The Morgan fingerprint density at radius 3 is 2.23 bits per heavy atom. The fourth-order valence-corrected chi connectivity index (χ4v) is 4.30. The normalized spacial score (nSPS) is 10.8. The van der Waals surface area contributed by atoms with E-state index in [0.29, 0.717) is 41.0 Å². The second kappa shape index (κ2) is 12.8. The molecule has 0 aliphatic heterocycles. The average molecular weight is 543 g/mol. The van der Waals surface area contributed by atoms with Crippen molar-refractivity contribution in [3.05, 3.63) is 84.6 Å². The summed E-state index contributed by atoms with van der Waals surface area (Å²) < 4.78 is 17.8. The van der Waals surface area contributed by atoms with Gasteiger partial charge in [0.15, 0.2) is 11.5 Å². The van der Waals surface area contributed by atoms with Crippen LogP contribution in [0.3, 0.4) is 0 Å². The van der Waals surface area contributed by atoms with Gasteiger partial charge in [-0.15, -0.1) is 0 Å². The molecule has 4 rings (SSSR count). The Bertz CT molecular complexity index is 1450. The number of ether oxygens (including phenoxy) is 3. The lowest BCUT2D eigenvalue weighted by atomic mass is 10.1. The maximum atomic E-state index is 13.4. The zero-order valence-corrected chi connectivity index (χ0v) is 23.4. The molecule has 0 atom stereocenters. The maximum absolute atomic E-state index is 13.4. The Morgan fingerprint density at radius 1 is 0.900 bits per heavy atom. The van der Waals surface area contributed by atoms with E-state index in [4.69, 9.17) is 19.2 Å². The van der Waals surface area contributed by atoms with Crippen LogP contribution >= 0.6 is 0 Å². The first kappa shape index (κ1) is 28.2. The number of amides is 2. The van der Waals surface area contributed by atoms with Gasteiger partial charge in [-0.3, -0.25) is 19.5 Å². The molecule has 0 aliphatic carbocycles. The van der Waals surface area contributed by atoms with Crippen molar-refractivity contribution in [3.63, 3.8) is 0 Å². The van der Waals surface area contributed by atoms with Crippen molar-refractivity contribution in [1.29, 1.82) is 0 Å². The number of methoxy groups -OCH3 is 3. The molecule has 1 aromatic heterocycles. The van der Waals surface area contributed by atoms with Crippen LogP contribution in [0, 0.1) is 5.92 Å². The predicted molar refractivity (Wildman–Crippen MR) is 154 cm³/mol. The Labute approximate surface area is 234 Å². The summed E-state index contributed by atoms with van der Waals surface area (Å²) >= 11 is 0. The van der Waals surface area contributed by atoms with E-state index in [1.54, 1.807) is 61.1 Å². The van der Waals surface area contributed by atoms with Gasteiger partial charge in [0.25, 0.3) is 5.91 Å². The minimum Gasteiger partial charge on any atom is -0.497 e. The van der Waals surface area contributed by atoms with Gasteiger partial charge >= 0.3 is 0 Å². The van der Waals surface area contributed by atoms with Crippen molar-refractivity contribution in [2.24, 2.45) is 5.92 Å². The van der Waals surface area contributed by atoms with Crippen LogP contribution < -0.4 is 19.5 Å². The first-order valence-electron chi connectivity index (χ1n) is 12.9. The van der Waals surface area contributed by atoms with Crippen LogP contribution in [-0.2, 0) is 4.79 Å². The third-order valence-electron chi connectivity index (χ3n) is 6.22. The summed E-state index contributed by atoms with van der Waals surface area (Å²) in [5.74, 6) is 1.66. The number of hydrogen-bond donors (Lipinski definition) is 1. The second-order valence-corrected chi connectivity index (χ2v) is 9.58. The van der Waals surface area contributed by atoms with Crippen LogP contribution in [0.15, 0.2) is 79.0 Å². The van der Waals surface area contributed by atoms with Crippen molar-refractivity contribution < 1.29 is 23.8 Å². The molecule has 9 heteroatoms. The van der Waals surface area contributed by atoms with Crippen molar-refractivity contribution in [3.8, 4) is 34.2 Å². The average Bonchev–Trinajstić information content (AvgIpc) is 3.39. The molecule has 0 bridgehead atoms. The highest BCUT2D eigenvalue weighted by atomic mass is 16.5. The number of carbonyl (C=O) groups excluding carboxylic acids is 2. The van der Waals surface area contributed by atoms with E-state index in [2.05, 4.69) is 5.32 Å². The van der Waals surface area contributed by atoms with Gasteiger partial charge in [0.1, 0.15) is 12.3 Å². The summed E-state index contributed by atoms with van der Waals surface area (Å²) in [5.41, 5.74) is 2.77. The minimum atomic E-state index is -0.366. The first-order chi connectivity index (χ1) is 19.3. The standard InChI is InChI=1S/C31H34N4O5/c1-21(2)18-34(30(37)23-11-14-25(38-3)15-12-23)20-29(36)33-31-32-26(22-9-7-6-8-10-22)19-35(31)24-13-16-27(39-4)28(17-24)40-5/h6-17,19,21H,18,20H2,1-5H3,(H,32,33,36). The van der Waals surface area contributed by atoms with Crippen LogP contribution in [0.2, 0.25) is 0 Å². The SMILES string of the molecule is COc1ccc(C(=O)N(CC(=O)Nc2nc(-c3ccccc3)cn2-c2ccc(OC)c(OC)c2)CC(C)C)cc1. The molecule has 0 radical (unpaired) electrons. The van der Waals surface area contributed by atoms with Crippen molar-refractivity contribution in [2.75, 3.05) is 39.7 Å². The molecule has 0 saturated heterocycles. The summed E-state index contributed by atoms with van der Waals surface area (Å²) in [6.45, 7) is 4.28. The molecule has 1 N–H and O–H groups in total. The van der Waals surface area contributed by atoms with Gasteiger partial charge in [-0.05, 0) is 42.3 Å². The van der Waals surface area contributed by atoms with Crippen LogP contribution in [0.4, 0.5) is 5.95 Å². The maximum Gasteiger partial charge on any atom is 0.254 e. The zero-order chi connectivity index (χ0) is 28.6. The summed E-state index contributed by atoms with van der Waals surface area (Å²) in [6.07, 6.45) is 1.85. The van der Waals surface area contributed by atoms with Gasteiger partial charge < -0.3 is 19.1 Å². The third kappa shape index (κ3) is 6.61. The van der Waals surface area contributed by atoms with Crippen LogP contribution in [-0.4, -0.2) is 60.7 Å². The van der Waals surface area contributed by atoms with Crippen molar-refractivity contribution >= 4 is 17.8 Å². The van der Waals surface area contributed by atoms with Gasteiger partial charge in [0, 0.05) is 29.9 Å². The molecule has 0 aliphatic rings. The summed E-state index contributed by atoms with van der Waals surface area (Å²) in [4.78, 5) is 33.0. The predicted octanol–water partition coefficient (Wildman–Crippen LogP) is 5.30. The number of anilines is 1.